The molecule has 6 nitrogen and oxygen atoms in total. The molecule has 3 heterocycles. The van der Waals surface area contributed by atoms with Gasteiger partial charge in [0.05, 0.1) is 6.54 Å². The fourth-order valence-corrected chi connectivity index (χ4v) is 3.99. The van der Waals surface area contributed by atoms with E-state index < -0.39 is 0 Å². The zero-order valence-electron chi connectivity index (χ0n) is 16.7. The summed E-state index contributed by atoms with van der Waals surface area (Å²) in [5, 5.41) is 0.472. The molecule has 0 spiro atoms. The highest BCUT2D eigenvalue weighted by Gasteiger charge is 2.33. The van der Waals surface area contributed by atoms with Crippen LogP contribution in [0.2, 0.25) is 5.02 Å². The van der Waals surface area contributed by atoms with Crippen LogP contribution in [0.3, 0.4) is 0 Å². The van der Waals surface area contributed by atoms with E-state index in [9.17, 15) is 4.79 Å². The van der Waals surface area contributed by atoms with Crippen LogP contribution < -0.4 is 14.2 Å². The molecule has 2 aromatic rings. The number of pyridine rings is 1. The van der Waals surface area contributed by atoms with Gasteiger partial charge >= 0.3 is 0 Å². The maximum Gasteiger partial charge on any atom is 0.260 e. The second-order valence-corrected chi connectivity index (χ2v) is 8.51. The van der Waals surface area contributed by atoms with E-state index in [2.05, 4.69) is 4.98 Å². The van der Waals surface area contributed by atoms with E-state index in [1.807, 2.05) is 32.0 Å². The molecular weight excluding hydrogens is 392 g/mol. The lowest BCUT2D eigenvalue weighted by molar-refractivity contribution is -0.136. The number of para-hydroxylation sites is 1. The molecule has 2 aliphatic rings. The standard InChI is InChI=1S/C22H25ClN2O4/c1-22(2)11-15-5-3-7-19(21(15)29-22)27-14-20(26)25-10-4-6-16(13-25)28-18-8-9-24-12-17(18)23/h3,5,7-9,12,16H,4,6,10-11,13-14H2,1-2H3. The molecule has 0 radical (unpaired) electrons. The highest BCUT2D eigenvalue weighted by molar-refractivity contribution is 6.31. The molecule has 1 atom stereocenters. The van der Waals surface area contributed by atoms with Crippen molar-refractivity contribution in [1.29, 1.82) is 0 Å². The van der Waals surface area contributed by atoms with E-state index in [4.69, 9.17) is 25.8 Å². The number of carbonyl (C=O) groups is 1. The molecule has 7 heteroatoms. The molecule has 1 aromatic heterocycles. The monoisotopic (exact) mass is 416 g/mol. The fourth-order valence-electron chi connectivity index (χ4n) is 3.83. The van der Waals surface area contributed by atoms with E-state index in [1.54, 1.807) is 23.4 Å². The van der Waals surface area contributed by atoms with E-state index in [0.717, 1.165) is 30.6 Å². The first-order valence-corrected chi connectivity index (χ1v) is 10.3. The molecule has 0 saturated carbocycles. The van der Waals surface area contributed by atoms with Crippen LogP contribution in [-0.2, 0) is 11.2 Å². The molecular formula is C22H25ClN2O4. The van der Waals surface area contributed by atoms with Gasteiger partial charge < -0.3 is 19.1 Å². The lowest BCUT2D eigenvalue weighted by atomic mass is 10.0. The van der Waals surface area contributed by atoms with E-state index >= 15 is 0 Å². The molecule has 1 fully saturated rings. The number of rotatable bonds is 5. The summed E-state index contributed by atoms with van der Waals surface area (Å²) in [6, 6.07) is 7.56. The molecule has 154 valence electrons. The second kappa shape index (κ2) is 8.11. The molecule has 4 rings (SSSR count). The van der Waals surface area contributed by atoms with Gasteiger partial charge in [0.15, 0.2) is 18.1 Å². The predicted molar refractivity (Wildman–Crippen MR) is 110 cm³/mol. The Bertz CT molecular complexity index is 902. The number of carbonyl (C=O) groups excluding carboxylic acids is 1. The number of nitrogens with zero attached hydrogens (tertiary/aromatic N) is 2. The number of aromatic nitrogens is 1. The van der Waals surface area contributed by atoms with Crippen LogP contribution in [0, 0.1) is 0 Å². The van der Waals surface area contributed by atoms with Crippen molar-refractivity contribution >= 4 is 17.5 Å². The Labute approximate surface area is 175 Å². The number of piperidine rings is 1. The Morgan fingerprint density at radius 2 is 2.21 bits per heavy atom. The summed E-state index contributed by atoms with van der Waals surface area (Å²) in [4.78, 5) is 18.5. The summed E-state index contributed by atoms with van der Waals surface area (Å²) >= 11 is 6.13. The van der Waals surface area contributed by atoms with Crippen LogP contribution in [0.4, 0.5) is 0 Å². The average Bonchev–Trinajstić information content (AvgIpc) is 3.02. The normalized spacial score (nSPS) is 20.0. The van der Waals surface area contributed by atoms with Crippen LogP contribution >= 0.6 is 11.6 Å². The summed E-state index contributed by atoms with van der Waals surface area (Å²) in [5.41, 5.74) is 0.859. The van der Waals surface area contributed by atoms with Crippen molar-refractivity contribution in [3.8, 4) is 17.2 Å². The Morgan fingerprint density at radius 1 is 1.34 bits per heavy atom. The van der Waals surface area contributed by atoms with Gasteiger partial charge in [0.25, 0.3) is 5.91 Å². The first kappa shape index (κ1) is 19.8. The van der Waals surface area contributed by atoms with Crippen molar-refractivity contribution < 1.29 is 19.0 Å². The number of hydrogen-bond donors (Lipinski definition) is 0. The summed E-state index contributed by atoms with van der Waals surface area (Å²) < 4.78 is 17.8. The zero-order valence-corrected chi connectivity index (χ0v) is 17.4. The predicted octanol–water partition coefficient (Wildman–Crippen LogP) is 3.90. The molecule has 1 aromatic carbocycles. The van der Waals surface area contributed by atoms with Gasteiger partial charge in [-0.3, -0.25) is 9.78 Å². The van der Waals surface area contributed by atoms with Crippen LogP contribution in [0.1, 0.15) is 32.3 Å². The van der Waals surface area contributed by atoms with Gasteiger partial charge in [-0.1, -0.05) is 23.7 Å². The van der Waals surface area contributed by atoms with Crippen LogP contribution in [-0.4, -0.2) is 47.2 Å². The summed E-state index contributed by atoms with van der Waals surface area (Å²) in [6.45, 7) is 5.28. The van der Waals surface area contributed by atoms with Crippen LogP contribution in [0.5, 0.6) is 17.2 Å². The molecule has 29 heavy (non-hydrogen) atoms. The number of benzene rings is 1. The third-order valence-corrected chi connectivity index (χ3v) is 5.45. The van der Waals surface area contributed by atoms with E-state index in [-0.39, 0.29) is 24.2 Å². The Morgan fingerprint density at radius 3 is 3.03 bits per heavy atom. The topological polar surface area (TPSA) is 60.9 Å². The van der Waals surface area contributed by atoms with E-state index in [1.165, 1.54) is 0 Å². The number of halogens is 1. The van der Waals surface area contributed by atoms with Gasteiger partial charge in [-0.2, -0.15) is 0 Å². The average molecular weight is 417 g/mol. The number of likely N-dealkylation sites (tertiary alicyclic amines) is 1. The first-order chi connectivity index (χ1) is 13.9. The molecule has 1 unspecified atom stereocenters. The highest BCUT2D eigenvalue weighted by atomic mass is 35.5. The molecule has 1 amide bonds. The number of hydrogen-bond acceptors (Lipinski definition) is 5. The maximum atomic E-state index is 12.7. The van der Waals surface area contributed by atoms with Crippen molar-refractivity contribution in [3.05, 3.63) is 47.2 Å². The minimum atomic E-state index is -0.253. The minimum Gasteiger partial charge on any atom is -0.487 e. The lowest BCUT2D eigenvalue weighted by Gasteiger charge is -2.33. The fraction of sp³-hybridized carbons (Fsp3) is 0.455. The van der Waals surface area contributed by atoms with Gasteiger partial charge in [0.2, 0.25) is 0 Å². The molecule has 0 aliphatic carbocycles. The van der Waals surface area contributed by atoms with Crippen LogP contribution in [0.15, 0.2) is 36.7 Å². The van der Waals surface area contributed by atoms with Crippen molar-refractivity contribution in [2.45, 2.75) is 44.8 Å². The molecule has 0 bridgehead atoms. The van der Waals surface area contributed by atoms with Crippen molar-refractivity contribution in [1.82, 2.24) is 9.88 Å². The SMILES string of the molecule is CC1(C)Cc2cccc(OCC(=O)N3CCCC(Oc4ccncc4Cl)C3)c2O1. The molecule has 1 saturated heterocycles. The quantitative estimate of drug-likeness (QED) is 0.739. The molecule has 2 aliphatic heterocycles. The third kappa shape index (κ3) is 4.58. The smallest absolute Gasteiger partial charge is 0.260 e. The number of amides is 1. The van der Waals surface area contributed by atoms with Gasteiger partial charge in [-0.05, 0) is 32.8 Å². The van der Waals surface area contributed by atoms with Gasteiger partial charge in [0, 0.05) is 37.0 Å². The van der Waals surface area contributed by atoms with Crippen LogP contribution in [0.25, 0.3) is 0 Å². The second-order valence-electron chi connectivity index (χ2n) is 8.10. The van der Waals surface area contributed by atoms with Gasteiger partial charge in [-0.25, -0.2) is 0 Å². The Balaban J connectivity index is 1.35. The lowest BCUT2D eigenvalue weighted by Crippen LogP contribution is -2.46. The minimum absolute atomic E-state index is 0.0248. The van der Waals surface area contributed by atoms with Crippen molar-refractivity contribution in [2.75, 3.05) is 19.7 Å². The maximum absolute atomic E-state index is 12.7. The summed E-state index contributed by atoms with van der Waals surface area (Å²) in [5.74, 6) is 1.90. The first-order valence-electron chi connectivity index (χ1n) is 9.89. The van der Waals surface area contributed by atoms with E-state index in [0.29, 0.717) is 29.6 Å². The number of ether oxygens (including phenoxy) is 3. The van der Waals surface area contributed by atoms with Gasteiger partial charge in [-0.15, -0.1) is 0 Å². The summed E-state index contributed by atoms with van der Waals surface area (Å²) in [6.07, 6.45) is 5.67. The number of fused-ring (bicyclic) bond motifs is 1. The van der Waals surface area contributed by atoms with Crippen molar-refractivity contribution in [2.24, 2.45) is 0 Å². The highest BCUT2D eigenvalue weighted by Crippen LogP contribution is 2.41. The third-order valence-electron chi connectivity index (χ3n) is 5.17. The zero-order chi connectivity index (χ0) is 20.4. The summed E-state index contributed by atoms with van der Waals surface area (Å²) in [7, 11) is 0. The Kier molecular flexibility index (Phi) is 5.54. The Hall–Kier alpha value is -2.47. The van der Waals surface area contributed by atoms with Gasteiger partial charge in [0.1, 0.15) is 22.5 Å². The molecule has 0 N–H and O–H groups in total. The largest absolute Gasteiger partial charge is 0.487 e. The van der Waals surface area contributed by atoms with Crippen molar-refractivity contribution in [3.63, 3.8) is 0 Å².